The Kier molecular flexibility index (Phi) is 7.41. The number of ether oxygens (including phenoxy) is 1. The molecule has 2 aromatic rings. The van der Waals surface area contributed by atoms with Crippen LogP contribution in [0.4, 0.5) is 0 Å². The van der Waals surface area contributed by atoms with Gasteiger partial charge in [0.25, 0.3) is 5.91 Å². The molecule has 1 N–H and O–H groups in total. The number of hydrogen-bond acceptors (Lipinski definition) is 3. The van der Waals surface area contributed by atoms with Gasteiger partial charge in [0.1, 0.15) is 11.8 Å². The lowest BCUT2D eigenvalue weighted by molar-refractivity contribution is -0.141. The summed E-state index contributed by atoms with van der Waals surface area (Å²) in [6.45, 7) is 6.06. The summed E-state index contributed by atoms with van der Waals surface area (Å²) < 4.78 is 5.75. The molecule has 0 radical (unpaired) electrons. The fourth-order valence-electron chi connectivity index (χ4n) is 2.88. The van der Waals surface area contributed by atoms with Gasteiger partial charge in [0.2, 0.25) is 5.91 Å². The van der Waals surface area contributed by atoms with E-state index in [1.807, 2.05) is 62.4 Å². The molecule has 1 unspecified atom stereocenters. The van der Waals surface area contributed by atoms with E-state index in [1.54, 1.807) is 18.9 Å². The zero-order valence-corrected chi connectivity index (χ0v) is 16.5. The van der Waals surface area contributed by atoms with E-state index in [2.05, 4.69) is 5.32 Å². The Balaban J connectivity index is 2.07. The van der Waals surface area contributed by atoms with E-state index in [0.29, 0.717) is 18.7 Å². The minimum atomic E-state index is -0.562. The molecule has 0 saturated carbocycles. The second kappa shape index (κ2) is 9.76. The molecular formula is C22H28N2O3. The molecule has 0 bridgehead atoms. The predicted molar refractivity (Wildman–Crippen MR) is 107 cm³/mol. The number of nitrogens with one attached hydrogen (secondary N) is 1. The largest absolute Gasteiger partial charge is 0.483 e. The molecule has 2 aromatic carbocycles. The first-order valence-electron chi connectivity index (χ1n) is 9.18. The molecule has 0 fully saturated rings. The first kappa shape index (κ1) is 20.5. The molecule has 0 aliphatic carbocycles. The van der Waals surface area contributed by atoms with Crippen LogP contribution in [0.1, 0.15) is 23.6 Å². The molecule has 0 saturated heterocycles. The summed E-state index contributed by atoms with van der Waals surface area (Å²) in [5, 5.41) is 2.62. The van der Waals surface area contributed by atoms with E-state index in [1.165, 1.54) is 0 Å². The van der Waals surface area contributed by atoms with E-state index in [9.17, 15) is 9.59 Å². The summed E-state index contributed by atoms with van der Waals surface area (Å²) in [5.41, 5.74) is 3.25. The lowest BCUT2D eigenvalue weighted by Gasteiger charge is -2.28. The maximum absolute atomic E-state index is 12.8. The number of hydrogen-bond donors (Lipinski definition) is 1. The average molecular weight is 368 g/mol. The number of benzene rings is 2. The highest BCUT2D eigenvalue weighted by molar-refractivity contribution is 5.87. The Bertz CT molecular complexity index is 774. The van der Waals surface area contributed by atoms with E-state index < -0.39 is 6.04 Å². The molecular weight excluding hydrogens is 340 g/mol. The van der Waals surface area contributed by atoms with E-state index in [4.69, 9.17) is 4.74 Å². The van der Waals surface area contributed by atoms with Crippen LogP contribution in [-0.2, 0) is 16.0 Å². The van der Waals surface area contributed by atoms with Crippen molar-refractivity contribution in [1.82, 2.24) is 10.2 Å². The van der Waals surface area contributed by atoms with Crippen LogP contribution in [0.25, 0.3) is 0 Å². The normalized spacial score (nSPS) is 11.6. The first-order chi connectivity index (χ1) is 12.9. The molecule has 2 amide bonds. The van der Waals surface area contributed by atoms with Gasteiger partial charge in [-0.3, -0.25) is 9.59 Å². The molecule has 144 valence electrons. The maximum Gasteiger partial charge on any atom is 0.261 e. The zero-order chi connectivity index (χ0) is 19.8. The summed E-state index contributed by atoms with van der Waals surface area (Å²) in [5.74, 6) is 0.296. The zero-order valence-electron chi connectivity index (χ0n) is 16.5. The fraction of sp³-hybridized carbons (Fsp3) is 0.364. The third kappa shape index (κ3) is 5.58. The number of rotatable bonds is 8. The van der Waals surface area contributed by atoms with Crippen molar-refractivity contribution in [2.45, 2.75) is 33.2 Å². The van der Waals surface area contributed by atoms with Crippen molar-refractivity contribution in [3.8, 4) is 5.75 Å². The lowest BCUT2D eigenvalue weighted by atomic mass is 10.1. The number of aryl methyl sites for hydroxylation is 1. The van der Waals surface area contributed by atoms with Gasteiger partial charge in [-0.15, -0.1) is 0 Å². The monoisotopic (exact) mass is 368 g/mol. The molecule has 27 heavy (non-hydrogen) atoms. The van der Waals surface area contributed by atoms with E-state index in [-0.39, 0.29) is 18.4 Å². The van der Waals surface area contributed by atoms with E-state index >= 15 is 0 Å². The standard InChI is InChI=1S/C22H28N2O3/c1-16-9-8-12-20(17(16)2)27-15-21(25)24(18(3)22(26)23-4)14-13-19-10-6-5-7-11-19/h5-12,18H,13-15H2,1-4H3,(H,23,26). The van der Waals surface area contributed by atoms with Crippen LogP contribution >= 0.6 is 0 Å². The number of carbonyl (C=O) groups excluding carboxylic acids is 2. The number of amides is 2. The third-order valence-corrected chi connectivity index (χ3v) is 4.80. The summed E-state index contributed by atoms with van der Waals surface area (Å²) in [6.07, 6.45) is 0.678. The Morgan fingerprint density at radius 2 is 1.78 bits per heavy atom. The molecule has 2 rings (SSSR count). The second-order valence-electron chi connectivity index (χ2n) is 6.60. The van der Waals surface area contributed by atoms with Gasteiger partial charge in [-0.25, -0.2) is 0 Å². The molecule has 0 aromatic heterocycles. The quantitative estimate of drug-likeness (QED) is 0.779. The average Bonchev–Trinajstić information content (AvgIpc) is 2.69. The minimum Gasteiger partial charge on any atom is -0.483 e. The van der Waals surface area contributed by atoms with E-state index in [0.717, 1.165) is 16.7 Å². The number of nitrogens with zero attached hydrogens (tertiary/aromatic N) is 1. The Hall–Kier alpha value is -2.82. The minimum absolute atomic E-state index is 0.0968. The van der Waals surface area contributed by atoms with Crippen molar-refractivity contribution in [2.24, 2.45) is 0 Å². The molecule has 0 spiro atoms. The van der Waals surface area contributed by atoms with Crippen molar-refractivity contribution in [1.29, 1.82) is 0 Å². The first-order valence-corrected chi connectivity index (χ1v) is 9.18. The summed E-state index contributed by atoms with van der Waals surface area (Å²) in [4.78, 5) is 26.5. The Morgan fingerprint density at radius 1 is 1.07 bits per heavy atom. The molecule has 5 heteroatoms. The third-order valence-electron chi connectivity index (χ3n) is 4.80. The van der Waals surface area contributed by atoms with Crippen molar-refractivity contribution in [2.75, 3.05) is 20.2 Å². The summed E-state index contributed by atoms with van der Waals surface area (Å²) in [6, 6.07) is 15.1. The highest BCUT2D eigenvalue weighted by atomic mass is 16.5. The van der Waals surface area contributed by atoms with Crippen LogP contribution in [-0.4, -0.2) is 43.0 Å². The SMILES string of the molecule is CNC(=O)C(C)N(CCc1ccccc1)C(=O)COc1cccc(C)c1C. The van der Waals surface area contributed by atoms with Gasteiger partial charge < -0.3 is 15.0 Å². The van der Waals surface area contributed by atoms with Crippen molar-refractivity contribution >= 4 is 11.8 Å². The number of likely N-dealkylation sites (N-methyl/N-ethyl adjacent to an activating group) is 1. The lowest BCUT2D eigenvalue weighted by Crippen LogP contribution is -2.49. The van der Waals surface area contributed by atoms with Crippen molar-refractivity contribution in [3.05, 3.63) is 65.2 Å². The van der Waals surface area contributed by atoms with Gasteiger partial charge in [0, 0.05) is 13.6 Å². The second-order valence-corrected chi connectivity index (χ2v) is 6.60. The predicted octanol–water partition coefficient (Wildman–Crippen LogP) is 2.89. The molecule has 5 nitrogen and oxygen atoms in total. The van der Waals surface area contributed by atoms with Gasteiger partial charge in [0.05, 0.1) is 0 Å². The van der Waals surface area contributed by atoms with Crippen LogP contribution in [0.15, 0.2) is 48.5 Å². The van der Waals surface area contributed by atoms with Gasteiger partial charge in [0.15, 0.2) is 6.61 Å². The smallest absolute Gasteiger partial charge is 0.261 e. The fourth-order valence-corrected chi connectivity index (χ4v) is 2.88. The van der Waals surface area contributed by atoms with Gasteiger partial charge in [-0.1, -0.05) is 42.5 Å². The van der Waals surface area contributed by atoms with Crippen LogP contribution in [0.2, 0.25) is 0 Å². The Morgan fingerprint density at radius 3 is 2.44 bits per heavy atom. The molecule has 1 atom stereocenters. The Labute approximate surface area is 161 Å². The van der Waals surface area contributed by atoms with Crippen LogP contribution < -0.4 is 10.1 Å². The van der Waals surface area contributed by atoms with Gasteiger partial charge in [-0.05, 0) is 49.9 Å². The van der Waals surface area contributed by atoms with Gasteiger partial charge >= 0.3 is 0 Å². The highest BCUT2D eigenvalue weighted by Crippen LogP contribution is 2.20. The molecule has 0 aliphatic heterocycles. The summed E-state index contributed by atoms with van der Waals surface area (Å²) in [7, 11) is 1.57. The number of carbonyl (C=O) groups is 2. The summed E-state index contributed by atoms with van der Waals surface area (Å²) >= 11 is 0. The van der Waals surface area contributed by atoms with Crippen molar-refractivity contribution < 1.29 is 14.3 Å². The van der Waals surface area contributed by atoms with Gasteiger partial charge in [-0.2, -0.15) is 0 Å². The van der Waals surface area contributed by atoms with Crippen LogP contribution in [0.5, 0.6) is 5.75 Å². The topological polar surface area (TPSA) is 58.6 Å². The van der Waals surface area contributed by atoms with Crippen LogP contribution in [0.3, 0.4) is 0 Å². The van der Waals surface area contributed by atoms with Crippen LogP contribution in [0, 0.1) is 13.8 Å². The maximum atomic E-state index is 12.8. The van der Waals surface area contributed by atoms with Crippen molar-refractivity contribution in [3.63, 3.8) is 0 Å². The highest BCUT2D eigenvalue weighted by Gasteiger charge is 2.25. The molecule has 0 aliphatic rings. The molecule has 0 heterocycles.